The third kappa shape index (κ3) is 5.36. The zero-order chi connectivity index (χ0) is 15.1. The second-order valence-corrected chi connectivity index (χ2v) is 4.94. The van der Waals surface area contributed by atoms with Crippen LogP contribution in [0.1, 0.15) is 16.7 Å². The summed E-state index contributed by atoms with van der Waals surface area (Å²) in [5.74, 6) is -1.03. The molecule has 4 heteroatoms. The van der Waals surface area contributed by atoms with Gasteiger partial charge in [0, 0.05) is 6.54 Å². The predicted molar refractivity (Wildman–Crippen MR) is 79.6 cm³/mol. The molecule has 0 aliphatic rings. The quantitative estimate of drug-likeness (QED) is 0.770. The van der Waals surface area contributed by atoms with E-state index in [1.165, 1.54) is 12.1 Å². The molecular weight excluding hydrogens is 269 g/mol. The number of rotatable bonds is 7. The molecule has 0 atom stereocenters. The summed E-state index contributed by atoms with van der Waals surface area (Å²) in [7, 11) is 0. The minimum Gasteiger partial charge on any atom is -0.481 e. The number of hydrogen-bond donors (Lipinski definition) is 2. The van der Waals surface area contributed by atoms with Gasteiger partial charge in [-0.15, -0.1) is 0 Å². The molecule has 0 spiro atoms. The minimum absolute atomic E-state index is 0.0538. The Kier molecular flexibility index (Phi) is 5.46. The van der Waals surface area contributed by atoms with E-state index in [0.717, 1.165) is 36.2 Å². The lowest BCUT2D eigenvalue weighted by molar-refractivity contribution is -0.136. The number of carbonyl (C=O) groups is 1. The first-order valence-corrected chi connectivity index (χ1v) is 6.88. The summed E-state index contributed by atoms with van der Waals surface area (Å²) in [5.41, 5.74) is 3.02. The summed E-state index contributed by atoms with van der Waals surface area (Å²) >= 11 is 0. The van der Waals surface area contributed by atoms with Gasteiger partial charge in [-0.1, -0.05) is 36.4 Å². The van der Waals surface area contributed by atoms with Crippen LogP contribution in [0.4, 0.5) is 4.39 Å². The zero-order valence-corrected chi connectivity index (χ0v) is 11.7. The van der Waals surface area contributed by atoms with Crippen molar-refractivity contribution in [3.05, 3.63) is 71.0 Å². The highest BCUT2D eigenvalue weighted by Gasteiger charge is 2.00. The molecule has 0 unspecified atom stereocenters. The highest BCUT2D eigenvalue weighted by atomic mass is 19.1. The summed E-state index contributed by atoms with van der Waals surface area (Å²) in [6.07, 6.45) is 0.898. The molecule has 0 saturated heterocycles. The Balaban J connectivity index is 1.73. The van der Waals surface area contributed by atoms with Crippen molar-refractivity contribution in [2.24, 2.45) is 0 Å². The van der Waals surface area contributed by atoms with E-state index in [1.807, 2.05) is 24.3 Å². The van der Waals surface area contributed by atoms with Gasteiger partial charge in [-0.25, -0.2) is 4.39 Å². The van der Waals surface area contributed by atoms with Crippen molar-refractivity contribution in [1.82, 2.24) is 5.32 Å². The Morgan fingerprint density at radius 3 is 2.14 bits per heavy atom. The fraction of sp³-hybridized carbons (Fsp3) is 0.235. The predicted octanol–water partition coefficient (Wildman–Crippen LogP) is 2.79. The normalized spacial score (nSPS) is 10.5. The van der Waals surface area contributed by atoms with E-state index in [-0.39, 0.29) is 12.2 Å². The lowest BCUT2D eigenvalue weighted by Crippen LogP contribution is -2.16. The van der Waals surface area contributed by atoms with Gasteiger partial charge in [-0.05, 0) is 41.8 Å². The first kappa shape index (κ1) is 15.2. The van der Waals surface area contributed by atoms with Crippen LogP contribution in [0.2, 0.25) is 0 Å². The average Bonchev–Trinajstić information content (AvgIpc) is 2.46. The number of benzene rings is 2. The van der Waals surface area contributed by atoms with Crippen LogP contribution < -0.4 is 5.32 Å². The van der Waals surface area contributed by atoms with Gasteiger partial charge in [0.1, 0.15) is 5.82 Å². The van der Waals surface area contributed by atoms with Gasteiger partial charge in [0.15, 0.2) is 0 Å². The molecule has 2 N–H and O–H groups in total. The van der Waals surface area contributed by atoms with Crippen LogP contribution in [-0.4, -0.2) is 17.6 Å². The van der Waals surface area contributed by atoms with Crippen molar-refractivity contribution < 1.29 is 14.3 Å². The molecule has 0 aliphatic heterocycles. The fourth-order valence-electron chi connectivity index (χ4n) is 2.07. The maximum absolute atomic E-state index is 12.8. The maximum Gasteiger partial charge on any atom is 0.307 e. The van der Waals surface area contributed by atoms with Crippen LogP contribution in [0.15, 0.2) is 48.5 Å². The van der Waals surface area contributed by atoms with E-state index >= 15 is 0 Å². The first-order valence-electron chi connectivity index (χ1n) is 6.88. The van der Waals surface area contributed by atoms with Crippen LogP contribution in [-0.2, 0) is 24.2 Å². The maximum atomic E-state index is 12.8. The standard InChI is InChI=1S/C17H18FNO2/c18-16-7-5-13(6-8-16)9-10-19-12-15-3-1-14(2-4-15)11-17(20)21/h1-8,19H,9-12H2,(H,20,21). The number of hydrogen-bond acceptors (Lipinski definition) is 2. The molecule has 21 heavy (non-hydrogen) atoms. The van der Waals surface area contributed by atoms with Gasteiger partial charge >= 0.3 is 5.97 Å². The summed E-state index contributed by atoms with van der Waals surface area (Å²) in [4.78, 5) is 10.6. The lowest BCUT2D eigenvalue weighted by Gasteiger charge is -2.06. The molecule has 2 aromatic rings. The second-order valence-electron chi connectivity index (χ2n) is 4.94. The van der Waals surface area contributed by atoms with Crippen molar-refractivity contribution in [2.75, 3.05) is 6.54 Å². The Labute approximate surface area is 123 Å². The van der Waals surface area contributed by atoms with Crippen molar-refractivity contribution in [2.45, 2.75) is 19.4 Å². The number of nitrogens with one attached hydrogen (secondary N) is 1. The minimum atomic E-state index is -0.819. The molecule has 2 aromatic carbocycles. The molecule has 0 saturated carbocycles. The molecule has 0 aromatic heterocycles. The highest BCUT2D eigenvalue weighted by Crippen LogP contribution is 2.06. The van der Waals surface area contributed by atoms with Gasteiger partial charge < -0.3 is 10.4 Å². The molecule has 0 bridgehead atoms. The molecule has 0 amide bonds. The van der Waals surface area contributed by atoms with E-state index in [0.29, 0.717) is 0 Å². The van der Waals surface area contributed by atoms with Crippen LogP contribution in [0, 0.1) is 5.82 Å². The Morgan fingerprint density at radius 2 is 1.52 bits per heavy atom. The van der Waals surface area contributed by atoms with E-state index in [9.17, 15) is 9.18 Å². The zero-order valence-electron chi connectivity index (χ0n) is 11.7. The molecule has 3 nitrogen and oxygen atoms in total. The van der Waals surface area contributed by atoms with Crippen LogP contribution in [0.25, 0.3) is 0 Å². The number of carboxylic acid groups (broad SMARTS) is 1. The van der Waals surface area contributed by atoms with E-state index in [1.54, 1.807) is 12.1 Å². The van der Waals surface area contributed by atoms with Gasteiger partial charge in [-0.2, -0.15) is 0 Å². The average molecular weight is 287 g/mol. The largest absolute Gasteiger partial charge is 0.481 e. The van der Waals surface area contributed by atoms with Crippen molar-refractivity contribution in [3.8, 4) is 0 Å². The van der Waals surface area contributed by atoms with Gasteiger partial charge in [0.25, 0.3) is 0 Å². The molecule has 0 fully saturated rings. The highest BCUT2D eigenvalue weighted by molar-refractivity contribution is 5.70. The summed E-state index contributed by atoms with van der Waals surface area (Å²) in [5, 5.41) is 12.0. The van der Waals surface area contributed by atoms with Gasteiger partial charge in [-0.3, -0.25) is 4.79 Å². The van der Waals surface area contributed by atoms with Crippen LogP contribution in [0.3, 0.4) is 0 Å². The molecular formula is C17H18FNO2. The molecule has 2 rings (SSSR count). The van der Waals surface area contributed by atoms with Crippen LogP contribution >= 0.6 is 0 Å². The summed E-state index contributed by atoms with van der Waals surface area (Å²) in [6.45, 7) is 1.54. The molecule has 0 heterocycles. The Morgan fingerprint density at radius 1 is 0.952 bits per heavy atom. The van der Waals surface area contributed by atoms with Crippen molar-refractivity contribution >= 4 is 5.97 Å². The third-order valence-electron chi connectivity index (χ3n) is 3.21. The number of aliphatic carboxylic acids is 1. The molecule has 0 radical (unpaired) electrons. The topological polar surface area (TPSA) is 49.3 Å². The summed E-state index contributed by atoms with van der Waals surface area (Å²) < 4.78 is 12.8. The third-order valence-corrected chi connectivity index (χ3v) is 3.21. The van der Waals surface area contributed by atoms with E-state index in [2.05, 4.69) is 5.32 Å². The molecule has 0 aliphatic carbocycles. The number of halogens is 1. The first-order chi connectivity index (χ1) is 10.1. The smallest absolute Gasteiger partial charge is 0.307 e. The lowest BCUT2D eigenvalue weighted by atomic mass is 10.1. The van der Waals surface area contributed by atoms with E-state index < -0.39 is 5.97 Å². The van der Waals surface area contributed by atoms with Gasteiger partial charge in [0.2, 0.25) is 0 Å². The Hall–Kier alpha value is -2.20. The number of carboxylic acids is 1. The fourth-order valence-corrected chi connectivity index (χ4v) is 2.07. The molecule has 110 valence electrons. The summed E-state index contributed by atoms with van der Waals surface area (Å²) in [6, 6.07) is 14.1. The van der Waals surface area contributed by atoms with E-state index in [4.69, 9.17) is 5.11 Å². The van der Waals surface area contributed by atoms with Gasteiger partial charge in [0.05, 0.1) is 6.42 Å². The monoisotopic (exact) mass is 287 g/mol. The SMILES string of the molecule is O=C(O)Cc1ccc(CNCCc2ccc(F)cc2)cc1. The second kappa shape index (κ2) is 7.55. The van der Waals surface area contributed by atoms with Crippen LogP contribution in [0.5, 0.6) is 0 Å². The Bertz CT molecular complexity index is 579. The van der Waals surface area contributed by atoms with Crippen molar-refractivity contribution in [3.63, 3.8) is 0 Å². The van der Waals surface area contributed by atoms with Crippen molar-refractivity contribution in [1.29, 1.82) is 0 Å².